The molecule has 7 nitrogen and oxygen atoms in total. The lowest BCUT2D eigenvalue weighted by atomic mass is 10.00. The van der Waals surface area contributed by atoms with Crippen LogP contribution in [0.2, 0.25) is 0 Å². The number of aliphatic hydroxyl groups excluding tert-OH is 1. The highest BCUT2D eigenvalue weighted by Gasteiger charge is 2.30. The van der Waals surface area contributed by atoms with Crippen LogP contribution in [0, 0.1) is 18.3 Å². The quantitative estimate of drug-likeness (QED) is 0.597. The van der Waals surface area contributed by atoms with Gasteiger partial charge in [-0.3, -0.25) is 0 Å². The third-order valence-electron chi connectivity index (χ3n) is 6.58. The van der Waals surface area contributed by atoms with Gasteiger partial charge in [0.1, 0.15) is 5.82 Å². The Morgan fingerprint density at radius 1 is 1.09 bits per heavy atom. The largest absolute Gasteiger partial charge is 0.393 e. The molecule has 0 amide bonds. The standard InChI is InChI=1S/C25H26N4O3S/c1-16-2-3-19(13-24(16)33(31,32)29-10-8-21(30)9-11-29)25-27-15-23(28-25)18-6-7-22(17-4-5-17)20(12-18)14-26/h2-3,6-7,12-13,15,17,21,30H,4-5,8-11H2,1H3,(H,27,28). The minimum absolute atomic E-state index is 0.259. The maximum Gasteiger partial charge on any atom is 0.243 e. The Bertz CT molecular complexity index is 1340. The van der Waals surface area contributed by atoms with Gasteiger partial charge < -0.3 is 10.1 Å². The summed E-state index contributed by atoms with van der Waals surface area (Å²) in [5.41, 5.74) is 4.81. The fraction of sp³-hybridized carbons (Fsp3) is 0.360. The topological polar surface area (TPSA) is 110 Å². The molecule has 0 unspecified atom stereocenters. The van der Waals surface area contributed by atoms with Crippen molar-refractivity contribution in [3.63, 3.8) is 0 Å². The Hall–Kier alpha value is -2.99. The van der Waals surface area contributed by atoms with E-state index in [0.717, 1.165) is 29.7 Å². The summed E-state index contributed by atoms with van der Waals surface area (Å²) in [6.07, 6.45) is 4.44. The van der Waals surface area contributed by atoms with Gasteiger partial charge in [0.15, 0.2) is 0 Å². The van der Waals surface area contributed by atoms with Gasteiger partial charge in [-0.15, -0.1) is 0 Å². The summed E-state index contributed by atoms with van der Waals surface area (Å²) in [6, 6.07) is 13.5. The van der Waals surface area contributed by atoms with Crippen molar-refractivity contribution in [3.8, 4) is 28.7 Å². The molecule has 0 spiro atoms. The number of aryl methyl sites for hydroxylation is 1. The molecule has 0 bridgehead atoms. The van der Waals surface area contributed by atoms with Gasteiger partial charge in [0.05, 0.1) is 34.5 Å². The van der Waals surface area contributed by atoms with E-state index in [1.54, 1.807) is 25.3 Å². The number of rotatable bonds is 5. The predicted octanol–water partition coefficient (Wildman–Crippen LogP) is 3.95. The molecule has 3 aromatic rings. The molecule has 1 saturated heterocycles. The number of nitrogens with one attached hydrogen (secondary N) is 1. The number of hydrogen-bond donors (Lipinski definition) is 2. The molecule has 8 heteroatoms. The van der Waals surface area contributed by atoms with Crippen molar-refractivity contribution in [1.82, 2.24) is 14.3 Å². The molecule has 0 radical (unpaired) electrons. The molecule has 2 aliphatic rings. The molecule has 2 fully saturated rings. The number of nitriles is 1. The van der Waals surface area contributed by atoms with E-state index in [1.165, 1.54) is 4.31 Å². The molecule has 2 N–H and O–H groups in total. The Balaban J connectivity index is 1.45. The van der Waals surface area contributed by atoms with Crippen LogP contribution in [0.1, 0.15) is 48.3 Å². The van der Waals surface area contributed by atoms with Gasteiger partial charge in [0, 0.05) is 24.2 Å². The number of hydrogen-bond acceptors (Lipinski definition) is 5. The zero-order valence-corrected chi connectivity index (χ0v) is 19.3. The van der Waals surface area contributed by atoms with Gasteiger partial charge in [0.2, 0.25) is 10.0 Å². The summed E-state index contributed by atoms with van der Waals surface area (Å²) in [5.74, 6) is 1.07. The smallest absolute Gasteiger partial charge is 0.243 e. The molecule has 1 aliphatic carbocycles. The van der Waals surface area contributed by atoms with E-state index in [4.69, 9.17) is 0 Å². The molecule has 0 atom stereocenters. The van der Waals surface area contributed by atoms with Crippen LogP contribution >= 0.6 is 0 Å². The molecule has 2 aromatic carbocycles. The molecule has 1 aliphatic heterocycles. The van der Waals surface area contributed by atoms with Crippen LogP contribution in [0.3, 0.4) is 0 Å². The molecular formula is C25H26N4O3S. The van der Waals surface area contributed by atoms with E-state index in [0.29, 0.717) is 54.4 Å². The molecule has 1 aromatic heterocycles. The molecule has 5 rings (SSSR count). The number of benzene rings is 2. The Morgan fingerprint density at radius 3 is 2.52 bits per heavy atom. The first-order chi connectivity index (χ1) is 15.9. The monoisotopic (exact) mass is 462 g/mol. The second kappa shape index (κ2) is 8.41. The van der Waals surface area contributed by atoms with Crippen LogP contribution < -0.4 is 0 Å². The highest BCUT2D eigenvalue weighted by atomic mass is 32.2. The lowest BCUT2D eigenvalue weighted by Gasteiger charge is -2.29. The molecule has 170 valence electrons. The van der Waals surface area contributed by atoms with E-state index in [-0.39, 0.29) is 4.90 Å². The first-order valence-electron chi connectivity index (χ1n) is 11.3. The van der Waals surface area contributed by atoms with Crippen molar-refractivity contribution in [3.05, 3.63) is 59.3 Å². The second-order valence-corrected chi connectivity index (χ2v) is 10.9. The average Bonchev–Trinajstić information content (AvgIpc) is 3.55. The van der Waals surface area contributed by atoms with E-state index < -0.39 is 16.1 Å². The fourth-order valence-electron chi connectivity index (χ4n) is 4.43. The molecular weight excluding hydrogens is 436 g/mol. The summed E-state index contributed by atoms with van der Waals surface area (Å²) in [4.78, 5) is 8.03. The van der Waals surface area contributed by atoms with Gasteiger partial charge in [-0.25, -0.2) is 13.4 Å². The number of nitrogens with zero attached hydrogens (tertiary/aromatic N) is 3. The summed E-state index contributed by atoms with van der Waals surface area (Å²) in [6.45, 7) is 2.42. The molecule has 1 saturated carbocycles. The fourth-order valence-corrected chi connectivity index (χ4v) is 6.15. The van der Waals surface area contributed by atoms with Gasteiger partial charge in [-0.1, -0.05) is 24.3 Å². The average molecular weight is 463 g/mol. The summed E-state index contributed by atoms with van der Waals surface area (Å²) in [7, 11) is -3.66. The zero-order chi connectivity index (χ0) is 23.2. The van der Waals surface area contributed by atoms with Crippen molar-refractivity contribution in [1.29, 1.82) is 5.26 Å². The summed E-state index contributed by atoms with van der Waals surface area (Å²) >= 11 is 0. The number of aromatic amines is 1. The van der Waals surface area contributed by atoms with Crippen molar-refractivity contribution in [2.75, 3.05) is 13.1 Å². The maximum atomic E-state index is 13.3. The highest BCUT2D eigenvalue weighted by molar-refractivity contribution is 7.89. The minimum Gasteiger partial charge on any atom is -0.393 e. The first kappa shape index (κ1) is 21.8. The predicted molar refractivity (Wildman–Crippen MR) is 125 cm³/mol. The molecule has 33 heavy (non-hydrogen) atoms. The van der Waals surface area contributed by atoms with E-state index in [2.05, 4.69) is 16.0 Å². The van der Waals surface area contributed by atoms with E-state index in [1.807, 2.05) is 24.3 Å². The number of piperidine rings is 1. The summed E-state index contributed by atoms with van der Waals surface area (Å²) < 4.78 is 28.0. The zero-order valence-electron chi connectivity index (χ0n) is 18.5. The van der Waals surface area contributed by atoms with Crippen molar-refractivity contribution < 1.29 is 13.5 Å². The lowest BCUT2D eigenvalue weighted by Crippen LogP contribution is -2.40. The number of H-pyrrole nitrogens is 1. The third kappa shape index (κ3) is 4.20. The van der Waals surface area contributed by atoms with Gasteiger partial charge in [-0.2, -0.15) is 9.57 Å². The third-order valence-corrected chi connectivity index (χ3v) is 8.62. The van der Waals surface area contributed by atoms with Crippen molar-refractivity contribution in [2.45, 2.75) is 49.5 Å². The van der Waals surface area contributed by atoms with Crippen LogP contribution in [-0.4, -0.2) is 47.0 Å². The van der Waals surface area contributed by atoms with Crippen molar-refractivity contribution >= 4 is 10.0 Å². The molecule has 2 heterocycles. The summed E-state index contributed by atoms with van der Waals surface area (Å²) in [5, 5.41) is 19.3. The Labute approximate surface area is 193 Å². The Morgan fingerprint density at radius 2 is 1.82 bits per heavy atom. The van der Waals surface area contributed by atoms with Crippen LogP contribution in [0.5, 0.6) is 0 Å². The van der Waals surface area contributed by atoms with Crippen LogP contribution in [0.4, 0.5) is 0 Å². The number of sulfonamides is 1. The van der Waals surface area contributed by atoms with Crippen LogP contribution in [0.15, 0.2) is 47.5 Å². The Kier molecular flexibility index (Phi) is 5.57. The lowest BCUT2D eigenvalue weighted by molar-refractivity contribution is 0.113. The van der Waals surface area contributed by atoms with Crippen molar-refractivity contribution in [2.24, 2.45) is 0 Å². The van der Waals surface area contributed by atoms with Crippen LogP contribution in [-0.2, 0) is 10.0 Å². The van der Waals surface area contributed by atoms with Gasteiger partial charge >= 0.3 is 0 Å². The SMILES string of the molecule is Cc1ccc(-c2ncc(-c3ccc(C4CC4)c(C#N)c3)[nH]2)cc1S(=O)(=O)N1CCC(O)CC1. The normalized spacial score (nSPS) is 17.7. The number of aliphatic hydroxyl groups is 1. The second-order valence-electron chi connectivity index (χ2n) is 8.95. The van der Waals surface area contributed by atoms with E-state index in [9.17, 15) is 18.8 Å². The van der Waals surface area contributed by atoms with Gasteiger partial charge in [0.25, 0.3) is 0 Å². The number of imidazole rings is 1. The van der Waals surface area contributed by atoms with Crippen LogP contribution in [0.25, 0.3) is 22.6 Å². The van der Waals surface area contributed by atoms with E-state index >= 15 is 0 Å². The highest BCUT2D eigenvalue weighted by Crippen LogP contribution is 2.42. The minimum atomic E-state index is -3.66. The first-order valence-corrected chi connectivity index (χ1v) is 12.7. The van der Waals surface area contributed by atoms with Gasteiger partial charge in [-0.05, 0) is 61.8 Å². The number of aromatic nitrogens is 2. The maximum absolute atomic E-state index is 13.3.